The van der Waals surface area contributed by atoms with Crippen molar-refractivity contribution in [2.75, 3.05) is 5.32 Å². The summed E-state index contributed by atoms with van der Waals surface area (Å²) in [5.74, 6) is -0.268. The van der Waals surface area contributed by atoms with Gasteiger partial charge in [0.15, 0.2) is 0 Å². The summed E-state index contributed by atoms with van der Waals surface area (Å²) in [6.07, 6.45) is 8.35. The molecule has 1 heterocycles. The highest BCUT2D eigenvalue weighted by Crippen LogP contribution is 2.26. The molecule has 1 aromatic heterocycles. The van der Waals surface area contributed by atoms with Gasteiger partial charge < -0.3 is 10.4 Å². The van der Waals surface area contributed by atoms with Gasteiger partial charge in [-0.2, -0.15) is 0 Å². The van der Waals surface area contributed by atoms with Gasteiger partial charge in [0.1, 0.15) is 12.1 Å². The number of rotatable bonds is 5. The molecule has 0 amide bonds. The van der Waals surface area contributed by atoms with Crippen molar-refractivity contribution in [3.63, 3.8) is 0 Å². The first kappa shape index (κ1) is 14.8. The Morgan fingerprint density at radius 3 is 2.90 bits per heavy atom. The van der Waals surface area contributed by atoms with Gasteiger partial charge >= 0.3 is 5.97 Å². The molecule has 1 aromatic rings. The normalized spacial score (nSPS) is 23.1. The molecule has 5 nitrogen and oxygen atoms in total. The molecule has 2 unspecified atom stereocenters. The summed E-state index contributed by atoms with van der Waals surface area (Å²) in [6, 6.07) is 1.91. The fourth-order valence-corrected chi connectivity index (χ4v) is 2.84. The molecule has 0 aromatic carbocycles. The summed E-state index contributed by atoms with van der Waals surface area (Å²) in [5, 5.41) is 12.7. The minimum Gasteiger partial charge on any atom is -0.481 e. The van der Waals surface area contributed by atoms with E-state index in [2.05, 4.69) is 22.2 Å². The van der Waals surface area contributed by atoms with Crippen LogP contribution in [0.15, 0.2) is 12.4 Å². The molecule has 5 heteroatoms. The number of nitrogens with one attached hydrogen (secondary N) is 1. The van der Waals surface area contributed by atoms with Gasteiger partial charge in [0, 0.05) is 17.8 Å². The number of carbonyl (C=O) groups is 1. The highest BCUT2D eigenvalue weighted by atomic mass is 16.4. The molecule has 1 saturated carbocycles. The first-order valence-electron chi connectivity index (χ1n) is 7.51. The van der Waals surface area contributed by atoms with Crippen LogP contribution in [-0.2, 0) is 11.2 Å². The van der Waals surface area contributed by atoms with Crippen LogP contribution >= 0.6 is 0 Å². The van der Waals surface area contributed by atoms with Gasteiger partial charge in [0.25, 0.3) is 0 Å². The minimum absolute atomic E-state index is 0.0284. The van der Waals surface area contributed by atoms with Crippen LogP contribution in [0.25, 0.3) is 0 Å². The Kier molecular flexibility index (Phi) is 5.32. The fourth-order valence-electron chi connectivity index (χ4n) is 2.84. The summed E-state index contributed by atoms with van der Waals surface area (Å²) < 4.78 is 0. The van der Waals surface area contributed by atoms with E-state index in [0.717, 1.165) is 56.5 Å². The van der Waals surface area contributed by atoms with Crippen molar-refractivity contribution >= 4 is 11.8 Å². The van der Waals surface area contributed by atoms with E-state index in [9.17, 15) is 9.90 Å². The van der Waals surface area contributed by atoms with Crippen LogP contribution in [-0.4, -0.2) is 27.1 Å². The van der Waals surface area contributed by atoms with E-state index in [-0.39, 0.29) is 12.0 Å². The van der Waals surface area contributed by atoms with Gasteiger partial charge in [-0.05, 0) is 19.3 Å². The van der Waals surface area contributed by atoms with Crippen LogP contribution in [0.4, 0.5) is 5.82 Å². The third kappa shape index (κ3) is 3.92. The second-order valence-corrected chi connectivity index (χ2v) is 5.48. The smallest absolute Gasteiger partial charge is 0.308 e. The van der Waals surface area contributed by atoms with E-state index < -0.39 is 5.97 Å². The molecule has 0 aliphatic heterocycles. The van der Waals surface area contributed by atoms with E-state index in [1.807, 2.05) is 6.07 Å². The number of aliphatic carboxylic acids is 1. The topological polar surface area (TPSA) is 75.1 Å². The number of aryl methyl sites for hydroxylation is 1. The van der Waals surface area contributed by atoms with E-state index in [0.29, 0.717) is 0 Å². The zero-order chi connectivity index (χ0) is 14.4. The predicted octanol–water partition coefficient (Wildman–Crippen LogP) is 2.87. The maximum absolute atomic E-state index is 11.4. The number of carboxylic acid groups (broad SMARTS) is 1. The van der Waals surface area contributed by atoms with Gasteiger partial charge in [-0.1, -0.05) is 32.6 Å². The molecule has 1 aliphatic rings. The van der Waals surface area contributed by atoms with E-state index in [4.69, 9.17) is 0 Å². The highest BCUT2D eigenvalue weighted by molar-refractivity contribution is 5.71. The summed E-state index contributed by atoms with van der Waals surface area (Å²) >= 11 is 0. The number of aromatic nitrogens is 2. The molecule has 1 fully saturated rings. The summed E-state index contributed by atoms with van der Waals surface area (Å²) in [6.45, 7) is 2.11. The lowest BCUT2D eigenvalue weighted by Gasteiger charge is -2.23. The quantitative estimate of drug-likeness (QED) is 0.809. The maximum atomic E-state index is 11.4. The highest BCUT2D eigenvalue weighted by Gasteiger charge is 2.29. The molecule has 0 saturated heterocycles. The third-order valence-electron chi connectivity index (χ3n) is 3.90. The number of carboxylic acids is 1. The Labute approximate surface area is 119 Å². The zero-order valence-corrected chi connectivity index (χ0v) is 12.0. The van der Waals surface area contributed by atoms with Crippen molar-refractivity contribution in [2.45, 2.75) is 57.9 Å². The Morgan fingerprint density at radius 2 is 2.15 bits per heavy atom. The average Bonchev–Trinajstić information content (AvgIpc) is 2.65. The molecular weight excluding hydrogens is 254 g/mol. The van der Waals surface area contributed by atoms with E-state index >= 15 is 0 Å². The van der Waals surface area contributed by atoms with Crippen molar-refractivity contribution < 1.29 is 9.90 Å². The molecule has 0 radical (unpaired) electrons. The molecule has 2 rings (SSSR count). The monoisotopic (exact) mass is 277 g/mol. The average molecular weight is 277 g/mol. The van der Waals surface area contributed by atoms with Crippen molar-refractivity contribution in [3.05, 3.63) is 18.1 Å². The van der Waals surface area contributed by atoms with E-state index in [1.165, 1.54) is 0 Å². The standard InChI is InChI=1S/C15H23N3O2/c1-2-6-11-9-14(17-10-16-11)18-13-8-5-3-4-7-12(13)15(19)20/h9-10,12-13H,2-8H2,1H3,(H,19,20)(H,16,17,18). The van der Waals surface area contributed by atoms with Gasteiger partial charge in [0.2, 0.25) is 0 Å². The lowest BCUT2D eigenvalue weighted by molar-refractivity contribution is -0.142. The Bertz CT molecular complexity index is 450. The minimum atomic E-state index is -0.702. The Hall–Kier alpha value is -1.65. The first-order chi connectivity index (χ1) is 9.70. The molecule has 0 spiro atoms. The van der Waals surface area contributed by atoms with Crippen LogP contribution in [0.1, 0.15) is 51.1 Å². The first-order valence-corrected chi connectivity index (χ1v) is 7.51. The zero-order valence-electron chi connectivity index (χ0n) is 12.0. The maximum Gasteiger partial charge on any atom is 0.308 e. The van der Waals surface area contributed by atoms with Crippen molar-refractivity contribution in [1.29, 1.82) is 0 Å². The van der Waals surface area contributed by atoms with Crippen molar-refractivity contribution in [3.8, 4) is 0 Å². The lowest BCUT2D eigenvalue weighted by atomic mass is 9.95. The predicted molar refractivity (Wildman–Crippen MR) is 77.6 cm³/mol. The van der Waals surface area contributed by atoms with Crippen LogP contribution < -0.4 is 5.32 Å². The molecule has 1 aliphatic carbocycles. The fraction of sp³-hybridized carbons (Fsp3) is 0.667. The van der Waals surface area contributed by atoms with Gasteiger partial charge in [0.05, 0.1) is 5.92 Å². The molecule has 2 N–H and O–H groups in total. The van der Waals surface area contributed by atoms with Crippen LogP contribution in [0.5, 0.6) is 0 Å². The Morgan fingerprint density at radius 1 is 1.35 bits per heavy atom. The largest absolute Gasteiger partial charge is 0.481 e. The molecule has 20 heavy (non-hydrogen) atoms. The molecule has 0 bridgehead atoms. The third-order valence-corrected chi connectivity index (χ3v) is 3.90. The SMILES string of the molecule is CCCc1cc(NC2CCCCCC2C(=O)O)ncn1. The lowest BCUT2D eigenvalue weighted by Crippen LogP contribution is -2.34. The van der Waals surface area contributed by atoms with Crippen LogP contribution in [0.2, 0.25) is 0 Å². The second kappa shape index (κ2) is 7.22. The van der Waals surface area contributed by atoms with Gasteiger partial charge in [-0.25, -0.2) is 9.97 Å². The second-order valence-electron chi connectivity index (χ2n) is 5.48. The summed E-state index contributed by atoms with van der Waals surface area (Å²) in [5.41, 5.74) is 1.01. The number of anilines is 1. The molecule has 2 atom stereocenters. The van der Waals surface area contributed by atoms with Gasteiger partial charge in [-0.3, -0.25) is 4.79 Å². The molecular formula is C15H23N3O2. The van der Waals surface area contributed by atoms with Crippen LogP contribution in [0, 0.1) is 5.92 Å². The van der Waals surface area contributed by atoms with Crippen LogP contribution in [0.3, 0.4) is 0 Å². The Balaban J connectivity index is 2.09. The summed E-state index contributed by atoms with van der Waals surface area (Å²) in [7, 11) is 0. The van der Waals surface area contributed by atoms with Crippen molar-refractivity contribution in [2.24, 2.45) is 5.92 Å². The van der Waals surface area contributed by atoms with Gasteiger partial charge in [-0.15, -0.1) is 0 Å². The number of hydrogen-bond acceptors (Lipinski definition) is 4. The molecule has 110 valence electrons. The van der Waals surface area contributed by atoms with Crippen molar-refractivity contribution in [1.82, 2.24) is 9.97 Å². The summed E-state index contributed by atoms with van der Waals surface area (Å²) in [4.78, 5) is 19.9. The van der Waals surface area contributed by atoms with E-state index in [1.54, 1.807) is 6.33 Å². The number of nitrogens with zero attached hydrogens (tertiary/aromatic N) is 2. The number of hydrogen-bond donors (Lipinski definition) is 2.